The van der Waals surface area contributed by atoms with Crippen LogP contribution in [0.3, 0.4) is 0 Å². The minimum absolute atomic E-state index is 0.760. The van der Waals surface area contributed by atoms with Crippen LogP contribution in [0.5, 0.6) is 0 Å². The first-order chi connectivity index (χ1) is 13.7. The minimum Gasteiger partial charge on any atom is -0.301 e. The molecule has 0 fully saturated rings. The molecular formula is C24H22N2OS. The molecule has 1 aliphatic rings. The largest absolute Gasteiger partial charge is 0.301 e. The van der Waals surface area contributed by atoms with Gasteiger partial charge in [-0.3, -0.25) is 4.98 Å². The zero-order valence-electron chi connectivity index (χ0n) is 15.8. The predicted molar refractivity (Wildman–Crippen MR) is 117 cm³/mol. The van der Waals surface area contributed by atoms with Gasteiger partial charge < -0.3 is 4.72 Å². The number of hydrogen-bond donors (Lipinski definition) is 1. The maximum absolute atomic E-state index is 12.7. The summed E-state index contributed by atoms with van der Waals surface area (Å²) in [6.07, 6.45) is 12.4. The molecule has 1 N–H and O–H groups in total. The molecule has 0 spiro atoms. The maximum Gasteiger partial charge on any atom is 0.150 e. The lowest BCUT2D eigenvalue weighted by Gasteiger charge is -2.10. The van der Waals surface area contributed by atoms with E-state index in [9.17, 15) is 4.21 Å². The molecule has 0 saturated carbocycles. The fraction of sp³-hybridized carbons (Fsp3) is 0.125. The van der Waals surface area contributed by atoms with Gasteiger partial charge in [0, 0.05) is 23.6 Å². The number of rotatable bonds is 5. The van der Waals surface area contributed by atoms with E-state index in [0.717, 1.165) is 40.1 Å². The van der Waals surface area contributed by atoms with E-state index in [1.807, 2.05) is 60.8 Å². The van der Waals surface area contributed by atoms with Crippen LogP contribution in [0.4, 0.5) is 5.69 Å². The van der Waals surface area contributed by atoms with Gasteiger partial charge in [0.15, 0.2) is 0 Å². The Balaban J connectivity index is 1.45. The van der Waals surface area contributed by atoms with Gasteiger partial charge in [-0.25, -0.2) is 4.21 Å². The Morgan fingerprint density at radius 1 is 0.929 bits per heavy atom. The Morgan fingerprint density at radius 2 is 1.68 bits per heavy atom. The number of aromatic nitrogens is 1. The van der Waals surface area contributed by atoms with Crippen LogP contribution < -0.4 is 4.72 Å². The van der Waals surface area contributed by atoms with Gasteiger partial charge in [-0.15, -0.1) is 0 Å². The number of benzene rings is 2. The number of anilines is 1. The molecule has 3 aromatic rings. The highest BCUT2D eigenvalue weighted by Crippen LogP contribution is 2.25. The van der Waals surface area contributed by atoms with Crippen LogP contribution in [0.25, 0.3) is 16.7 Å². The van der Waals surface area contributed by atoms with Gasteiger partial charge in [-0.1, -0.05) is 42.5 Å². The third kappa shape index (κ3) is 4.12. The molecule has 4 heteroatoms. The first-order valence-corrected chi connectivity index (χ1v) is 10.5. The minimum atomic E-state index is -1.30. The van der Waals surface area contributed by atoms with Gasteiger partial charge in [0.2, 0.25) is 0 Å². The lowest BCUT2D eigenvalue weighted by Crippen LogP contribution is -2.04. The van der Waals surface area contributed by atoms with Crippen molar-refractivity contribution < 1.29 is 4.21 Å². The molecule has 0 bridgehead atoms. The van der Waals surface area contributed by atoms with Crippen molar-refractivity contribution in [2.75, 3.05) is 4.72 Å². The van der Waals surface area contributed by atoms with Gasteiger partial charge in [-0.2, -0.15) is 0 Å². The molecule has 1 unspecified atom stereocenters. The lowest BCUT2D eigenvalue weighted by atomic mass is 10.00. The SMILES string of the molecule is Cc1ccncc1-c1ccc(NS(=O)c2ccc(C3=CCCC=C3)cc2)cc1. The van der Waals surface area contributed by atoms with Crippen LogP contribution >= 0.6 is 0 Å². The molecule has 1 heterocycles. The zero-order valence-corrected chi connectivity index (χ0v) is 16.6. The van der Waals surface area contributed by atoms with Crippen LogP contribution in [0.2, 0.25) is 0 Å². The predicted octanol–water partition coefficient (Wildman–Crippen LogP) is 5.93. The summed E-state index contributed by atoms with van der Waals surface area (Å²) < 4.78 is 15.8. The van der Waals surface area contributed by atoms with Crippen molar-refractivity contribution in [2.24, 2.45) is 0 Å². The fourth-order valence-corrected chi connectivity index (χ4v) is 4.10. The van der Waals surface area contributed by atoms with Crippen molar-refractivity contribution >= 4 is 22.2 Å². The van der Waals surface area contributed by atoms with E-state index >= 15 is 0 Å². The van der Waals surface area contributed by atoms with Crippen molar-refractivity contribution in [2.45, 2.75) is 24.7 Å². The molecule has 140 valence electrons. The van der Waals surface area contributed by atoms with E-state index in [2.05, 4.69) is 34.9 Å². The molecule has 1 atom stereocenters. The number of allylic oxidation sites excluding steroid dienone is 4. The molecule has 0 amide bonds. The number of nitrogens with one attached hydrogen (secondary N) is 1. The summed E-state index contributed by atoms with van der Waals surface area (Å²) in [4.78, 5) is 4.96. The van der Waals surface area contributed by atoms with Crippen molar-refractivity contribution in [3.8, 4) is 11.1 Å². The van der Waals surface area contributed by atoms with Crippen molar-refractivity contribution in [1.29, 1.82) is 0 Å². The van der Waals surface area contributed by atoms with E-state index in [1.165, 1.54) is 11.1 Å². The summed E-state index contributed by atoms with van der Waals surface area (Å²) in [6, 6.07) is 17.9. The fourth-order valence-electron chi connectivity index (χ4n) is 3.25. The Kier molecular flexibility index (Phi) is 5.49. The Labute approximate surface area is 168 Å². The number of hydrogen-bond acceptors (Lipinski definition) is 2. The molecule has 1 aromatic heterocycles. The number of aryl methyl sites for hydroxylation is 1. The van der Waals surface area contributed by atoms with Crippen LogP contribution in [-0.4, -0.2) is 9.19 Å². The Hall–Kier alpha value is -2.98. The first kappa shape index (κ1) is 18.4. The summed E-state index contributed by atoms with van der Waals surface area (Å²) >= 11 is 0. The van der Waals surface area contributed by atoms with Crippen LogP contribution in [-0.2, 0) is 11.0 Å². The van der Waals surface area contributed by atoms with E-state index in [0.29, 0.717) is 0 Å². The lowest BCUT2D eigenvalue weighted by molar-refractivity contribution is 0.686. The quantitative estimate of drug-likeness (QED) is 0.591. The van der Waals surface area contributed by atoms with E-state index < -0.39 is 11.0 Å². The van der Waals surface area contributed by atoms with Crippen LogP contribution in [0, 0.1) is 6.92 Å². The average Bonchev–Trinajstić information content (AvgIpc) is 2.75. The highest BCUT2D eigenvalue weighted by Gasteiger charge is 2.07. The Bertz CT molecular complexity index is 1050. The summed E-state index contributed by atoms with van der Waals surface area (Å²) in [5.74, 6) is 0. The molecule has 4 rings (SSSR count). The van der Waals surface area contributed by atoms with Gasteiger partial charge in [0.25, 0.3) is 0 Å². The van der Waals surface area contributed by atoms with Gasteiger partial charge >= 0.3 is 0 Å². The normalized spacial score (nSPS) is 14.4. The van der Waals surface area contributed by atoms with Gasteiger partial charge in [0.05, 0.1) is 4.90 Å². The maximum atomic E-state index is 12.7. The van der Waals surface area contributed by atoms with Crippen LogP contribution in [0.15, 0.2) is 90.1 Å². The molecule has 0 radical (unpaired) electrons. The van der Waals surface area contributed by atoms with Crippen molar-refractivity contribution in [1.82, 2.24) is 4.98 Å². The highest BCUT2D eigenvalue weighted by atomic mass is 32.2. The van der Waals surface area contributed by atoms with E-state index in [-0.39, 0.29) is 0 Å². The van der Waals surface area contributed by atoms with E-state index in [4.69, 9.17) is 0 Å². The third-order valence-corrected chi connectivity index (χ3v) is 5.96. The summed E-state index contributed by atoms with van der Waals surface area (Å²) in [5, 5.41) is 0. The molecule has 3 nitrogen and oxygen atoms in total. The third-order valence-electron chi connectivity index (χ3n) is 4.84. The van der Waals surface area contributed by atoms with Gasteiger partial charge in [0.1, 0.15) is 11.0 Å². The topological polar surface area (TPSA) is 42.0 Å². The molecule has 28 heavy (non-hydrogen) atoms. The molecule has 1 aliphatic carbocycles. The molecule has 2 aromatic carbocycles. The average molecular weight is 387 g/mol. The second kappa shape index (κ2) is 8.36. The molecular weight excluding hydrogens is 364 g/mol. The zero-order chi connectivity index (χ0) is 19.3. The molecule has 0 aliphatic heterocycles. The highest BCUT2D eigenvalue weighted by molar-refractivity contribution is 7.86. The number of pyridine rings is 1. The standard InChI is InChI=1S/C24H22N2OS/c1-18-15-16-25-17-24(18)21-7-11-22(12-8-21)26-28(27)23-13-9-20(10-14-23)19-5-3-2-4-6-19/h3,5-17,26H,2,4H2,1H3. The van der Waals surface area contributed by atoms with E-state index in [1.54, 1.807) is 6.20 Å². The van der Waals surface area contributed by atoms with Gasteiger partial charge in [-0.05, 0) is 72.4 Å². The summed E-state index contributed by atoms with van der Waals surface area (Å²) in [7, 11) is -1.30. The number of nitrogens with zero attached hydrogens (tertiary/aromatic N) is 1. The summed E-state index contributed by atoms with van der Waals surface area (Å²) in [6.45, 7) is 2.07. The monoisotopic (exact) mass is 386 g/mol. The summed E-state index contributed by atoms with van der Waals surface area (Å²) in [5.41, 5.74) is 6.61. The van der Waals surface area contributed by atoms with Crippen molar-refractivity contribution in [3.63, 3.8) is 0 Å². The van der Waals surface area contributed by atoms with Crippen LogP contribution in [0.1, 0.15) is 24.0 Å². The smallest absolute Gasteiger partial charge is 0.150 e. The Morgan fingerprint density at radius 3 is 2.36 bits per heavy atom. The second-order valence-electron chi connectivity index (χ2n) is 6.80. The second-order valence-corrected chi connectivity index (χ2v) is 8.02. The van der Waals surface area contributed by atoms with Crippen molar-refractivity contribution in [3.05, 3.63) is 96.3 Å². The first-order valence-electron chi connectivity index (χ1n) is 9.37. The molecule has 0 saturated heterocycles.